The fourth-order valence-electron chi connectivity index (χ4n) is 2.70. The highest BCUT2D eigenvalue weighted by atomic mass is 16.5. The molecule has 2 aromatic rings. The van der Waals surface area contributed by atoms with Gasteiger partial charge < -0.3 is 14.4 Å². The lowest BCUT2D eigenvalue weighted by molar-refractivity contribution is -0.152. The molecule has 0 saturated carbocycles. The number of likely N-dealkylation sites (N-methyl/N-ethyl adjacent to an activating group) is 1. The quantitative estimate of drug-likeness (QED) is 0.723. The zero-order chi connectivity index (χ0) is 18.4. The van der Waals surface area contributed by atoms with Gasteiger partial charge in [-0.05, 0) is 49.2 Å². The molecule has 5 heteroatoms. The van der Waals surface area contributed by atoms with E-state index in [-0.39, 0.29) is 12.5 Å². The van der Waals surface area contributed by atoms with Crippen molar-refractivity contribution >= 4 is 22.6 Å². The Bertz CT molecular complexity index is 752. The van der Waals surface area contributed by atoms with E-state index in [0.717, 1.165) is 22.1 Å². The highest BCUT2D eigenvalue weighted by Crippen LogP contribution is 2.25. The Morgan fingerprint density at radius 2 is 1.68 bits per heavy atom. The number of esters is 1. The Morgan fingerprint density at radius 3 is 2.32 bits per heavy atom. The van der Waals surface area contributed by atoms with Gasteiger partial charge in [0.1, 0.15) is 5.75 Å². The third kappa shape index (κ3) is 4.50. The third-order valence-electron chi connectivity index (χ3n) is 4.38. The van der Waals surface area contributed by atoms with E-state index >= 15 is 0 Å². The lowest BCUT2D eigenvalue weighted by Gasteiger charge is -2.19. The summed E-state index contributed by atoms with van der Waals surface area (Å²) >= 11 is 0. The fourth-order valence-corrected chi connectivity index (χ4v) is 2.70. The molecular weight excluding hydrogens is 318 g/mol. The number of amides is 1. The predicted molar refractivity (Wildman–Crippen MR) is 97.8 cm³/mol. The summed E-state index contributed by atoms with van der Waals surface area (Å²) in [7, 11) is 1.63. The summed E-state index contributed by atoms with van der Waals surface area (Å²) in [6.07, 6.45) is 0. The third-order valence-corrected chi connectivity index (χ3v) is 4.38. The smallest absolute Gasteiger partial charge is 0.313 e. The molecule has 0 aliphatic carbocycles. The fraction of sp³-hybridized carbons (Fsp3) is 0.400. The van der Waals surface area contributed by atoms with E-state index in [2.05, 4.69) is 0 Å². The monoisotopic (exact) mass is 343 g/mol. The van der Waals surface area contributed by atoms with Gasteiger partial charge in [0, 0.05) is 13.1 Å². The highest BCUT2D eigenvalue weighted by Gasteiger charge is 2.19. The van der Waals surface area contributed by atoms with Crippen LogP contribution in [-0.2, 0) is 14.3 Å². The maximum absolute atomic E-state index is 12.3. The Kier molecular flexibility index (Phi) is 6.39. The average molecular weight is 343 g/mol. The number of benzene rings is 2. The lowest BCUT2D eigenvalue weighted by atomic mass is 9.98. The standard InChI is InChI=1S/C20H25NO4/c1-5-21(6-2)19(22)13-25-20(23)14(3)15-7-8-17-12-18(24-4)10-9-16(17)11-15/h7-12,14H,5-6,13H2,1-4H3. The van der Waals surface area contributed by atoms with Gasteiger partial charge in [0.05, 0.1) is 13.0 Å². The van der Waals surface area contributed by atoms with Crippen LogP contribution in [0.1, 0.15) is 32.3 Å². The maximum Gasteiger partial charge on any atom is 0.313 e. The molecule has 134 valence electrons. The highest BCUT2D eigenvalue weighted by molar-refractivity contribution is 5.87. The predicted octanol–water partition coefficient (Wildman–Crippen LogP) is 3.36. The van der Waals surface area contributed by atoms with Gasteiger partial charge in [-0.1, -0.05) is 24.3 Å². The molecule has 0 aliphatic rings. The molecule has 0 fully saturated rings. The topological polar surface area (TPSA) is 55.8 Å². The lowest BCUT2D eigenvalue weighted by Crippen LogP contribution is -2.34. The van der Waals surface area contributed by atoms with Gasteiger partial charge in [-0.3, -0.25) is 9.59 Å². The van der Waals surface area contributed by atoms with E-state index in [0.29, 0.717) is 13.1 Å². The molecule has 0 heterocycles. The summed E-state index contributed by atoms with van der Waals surface area (Å²) in [5.41, 5.74) is 0.859. The molecule has 1 atom stereocenters. The molecule has 2 aromatic carbocycles. The first kappa shape index (κ1) is 18.8. The Hall–Kier alpha value is -2.56. The van der Waals surface area contributed by atoms with Gasteiger partial charge >= 0.3 is 5.97 Å². The van der Waals surface area contributed by atoms with E-state index in [1.807, 2.05) is 50.2 Å². The molecule has 5 nitrogen and oxygen atoms in total. The van der Waals surface area contributed by atoms with Crippen LogP contribution < -0.4 is 4.74 Å². The van der Waals surface area contributed by atoms with Crippen molar-refractivity contribution in [3.8, 4) is 5.75 Å². The average Bonchev–Trinajstić information content (AvgIpc) is 2.65. The Balaban J connectivity index is 2.06. The van der Waals surface area contributed by atoms with E-state index in [4.69, 9.17) is 9.47 Å². The maximum atomic E-state index is 12.3. The van der Waals surface area contributed by atoms with Crippen LogP contribution in [0, 0.1) is 0 Å². The van der Waals surface area contributed by atoms with Crippen LogP contribution in [0.25, 0.3) is 10.8 Å². The first-order valence-corrected chi connectivity index (χ1v) is 8.52. The summed E-state index contributed by atoms with van der Waals surface area (Å²) < 4.78 is 10.4. The zero-order valence-corrected chi connectivity index (χ0v) is 15.2. The van der Waals surface area contributed by atoms with Gasteiger partial charge in [0.2, 0.25) is 0 Å². The van der Waals surface area contributed by atoms with Crippen molar-refractivity contribution in [1.82, 2.24) is 4.90 Å². The summed E-state index contributed by atoms with van der Waals surface area (Å²) in [6, 6.07) is 11.6. The van der Waals surface area contributed by atoms with Gasteiger partial charge in [-0.25, -0.2) is 0 Å². The van der Waals surface area contributed by atoms with Crippen LogP contribution in [0.15, 0.2) is 36.4 Å². The normalized spacial score (nSPS) is 11.8. The molecule has 0 aliphatic heterocycles. The number of ether oxygens (including phenoxy) is 2. The first-order chi connectivity index (χ1) is 12.0. The van der Waals surface area contributed by atoms with Gasteiger partial charge in [-0.2, -0.15) is 0 Å². The van der Waals surface area contributed by atoms with Crippen LogP contribution in [0.2, 0.25) is 0 Å². The number of rotatable bonds is 7. The molecule has 0 N–H and O–H groups in total. The van der Waals surface area contributed by atoms with Gasteiger partial charge in [-0.15, -0.1) is 0 Å². The van der Waals surface area contributed by atoms with Crippen LogP contribution >= 0.6 is 0 Å². The second-order valence-electron chi connectivity index (χ2n) is 5.87. The van der Waals surface area contributed by atoms with Crippen molar-refractivity contribution in [2.24, 2.45) is 0 Å². The van der Waals surface area contributed by atoms with Crippen molar-refractivity contribution in [2.75, 3.05) is 26.8 Å². The molecule has 0 aromatic heterocycles. The summed E-state index contributed by atoms with van der Waals surface area (Å²) in [5.74, 6) is -0.205. The molecule has 2 rings (SSSR count). The Labute approximate surface area is 148 Å². The summed E-state index contributed by atoms with van der Waals surface area (Å²) in [6.45, 7) is 6.59. The minimum absolute atomic E-state index is 0.170. The molecule has 1 amide bonds. The van der Waals surface area contributed by atoms with E-state index in [1.165, 1.54) is 0 Å². The Morgan fingerprint density at radius 1 is 1.04 bits per heavy atom. The number of hydrogen-bond donors (Lipinski definition) is 0. The molecule has 0 saturated heterocycles. The van der Waals surface area contributed by atoms with Crippen LogP contribution in [0.3, 0.4) is 0 Å². The van der Waals surface area contributed by atoms with Crippen LogP contribution in [0.4, 0.5) is 0 Å². The molecule has 0 radical (unpaired) electrons. The zero-order valence-electron chi connectivity index (χ0n) is 15.2. The second kappa shape index (κ2) is 8.51. The minimum Gasteiger partial charge on any atom is -0.497 e. The molecule has 1 unspecified atom stereocenters. The van der Waals surface area contributed by atoms with E-state index < -0.39 is 11.9 Å². The molecule has 25 heavy (non-hydrogen) atoms. The second-order valence-corrected chi connectivity index (χ2v) is 5.87. The number of carbonyl (C=O) groups excluding carboxylic acids is 2. The van der Waals surface area contributed by atoms with Crippen LogP contribution in [-0.4, -0.2) is 43.6 Å². The first-order valence-electron chi connectivity index (χ1n) is 8.52. The number of carbonyl (C=O) groups is 2. The molecule has 0 spiro atoms. The van der Waals surface area contributed by atoms with Crippen molar-refractivity contribution in [2.45, 2.75) is 26.7 Å². The van der Waals surface area contributed by atoms with Crippen molar-refractivity contribution in [3.63, 3.8) is 0 Å². The largest absolute Gasteiger partial charge is 0.497 e. The van der Waals surface area contributed by atoms with Gasteiger partial charge in [0.25, 0.3) is 5.91 Å². The number of methoxy groups -OCH3 is 1. The SMILES string of the molecule is CCN(CC)C(=O)COC(=O)C(C)c1ccc2cc(OC)ccc2c1. The van der Waals surface area contributed by atoms with E-state index in [1.54, 1.807) is 18.9 Å². The number of nitrogens with zero attached hydrogens (tertiary/aromatic N) is 1. The minimum atomic E-state index is -0.434. The van der Waals surface area contributed by atoms with Crippen LogP contribution in [0.5, 0.6) is 5.75 Å². The van der Waals surface area contributed by atoms with Crippen molar-refractivity contribution in [1.29, 1.82) is 0 Å². The number of fused-ring (bicyclic) bond motifs is 1. The van der Waals surface area contributed by atoms with Gasteiger partial charge in [0.15, 0.2) is 6.61 Å². The molecular formula is C20H25NO4. The number of hydrogen-bond acceptors (Lipinski definition) is 4. The van der Waals surface area contributed by atoms with E-state index in [9.17, 15) is 9.59 Å². The van der Waals surface area contributed by atoms with Crippen molar-refractivity contribution in [3.05, 3.63) is 42.0 Å². The van der Waals surface area contributed by atoms with Crippen molar-refractivity contribution < 1.29 is 19.1 Å². The summed E-state index contributed by atoms with van der Waals surface area (Å²) in [4.78, 5) is 25.9. The summed E-state index contributed by atoms with van der Waals surface area (Å²) in [5, 5.41) is 2.07. The molecule has 0 bridgehead atoms.